The van der Waals surface area contributed by atoms with Gasteiger partial charge in [0.05, 0.1) is 18.0 Å². The van der Waals surface area contributed by atoms with Gasteiger partial charge in [0.2, 0.25) is 15.9 Å². The highest BCUT2D eigenvalue weighted by Crippen LogP contribution is 2.22. The average Bonchev–Trinajstić information content (AvgIpc) is 2.58. The van der Waals surface area contributed by atoms with Gasteiger partial charge in [-0.2, -0.15) is 0 Å². The molecule has 6 heteroatoms. The fraction of sp³-hybridized carbons (Fsp3) is 0.381. The van der Waals surface area contributed by atoms with Gasteiger partial charge in [-0.15, -0.1) is 0 Å². The summed E-state index contributed by atoms with van der Waals surface area (Å²) in [6, 6.07) is 16.7. The third-order valence-corrected chi connectivity index (χ3v) is 5.36. The maximum Gasteiger partial charge on any atom is 0.241 e. The molecular formula is C21H28N2O3S. The van der Waals surface area contributed by atoms with Crippen molar-refractivity contribution in [1.82, 2.24) is 5.32 Å². The molecule has 2 rings (SSSR count). The van der Waals surface area contributed by atoms with Crippen LogP contribution in [0.15, 0.2) is 54.6 Å². The zero-order valence-electron chi connectivity index (χ0n) is 16.3. The summed E-state index contributed by atoms with van der Waals surface area (Å²) in [6.07, 6.45) is 1.89. The molecule has 0 aliphatic heterocycles. The average molecular weight is 389 g/mol. The molecule has 0 radical (unpaired) electrons. The lowest BCUT2D eigenvalue weighted by molar-refractivity contribution is -0.120. The molecule has 0 aromatic heterocycles. The molecule has 0 spiro atoms. The van der Waals surface area contributed by atoms with Crippen LogP contribution >= 0.6 is 0 Å². The van der Waals surface area contributed by atoms with Crippen molar-refractivity contribution in [3.8, 4) is 0 Å². The third-order valence-electron chi connectivity index (χ3n) is 4.22. The van der Waals surface area contributed by atoms with Crippen LogP contribution in [0.3, 0.4) is 0 Å². The summed E-state index contributed by atoms with van der Waals surface area (Å²) in [7, 11) is -3.58. The first kappa shape index (κ1) is 21.0. The van der Waals surface area contributed by atoms with Gasteiger partial charge in [0.15, 0.2) is 0 Å². The van der Waals surface area contributed by atoms with Crippen LogP contribution in [0.4, 0.5) is 5.69 Å². The van der Waals surface area contributed by atoms with E-state index >= 15 is 0 Å². The number of carbonyl (C=O) groups excluding carboxylic acids is 1. The Morgan fingerprint density at radius 2 is 1.74 bits per heavy atom. The predicted octanol–water partition coefficient (Wildman–Crippen LogP) is 3.66. The Balaban J connectivity index is 2.21. The van der Waals surface area contributed by atoms with Gasteiger partial charge in [-0.1, -0.05) is 56.3 Å². The Kier molecular flexibility index (Phi) is 7.02. The van der Waals surface area contributed by atoms with E-state index in [4.69, 9.17) is 0 Å². The normalized spacial score (nSPS) is 12.6. The standard InChI is InChI=1S/C21H28N2O3S/c1-16(2)13-20(18-10-6-5-7-11-18)22-21(24)15-23(27(4,25)26)19-12-8-9-17(3)14-19/h5-12,14,16,20H,13,15H2,1-4H3,(H,22,24)/t20-/m1/s1. The number of hydrogen-bond acceptors (Lipinski definition) is 3. The molecule has 146 valence electrons. The molecule has 0 saturated carbocycles. The number of hydrogen-bond donors (Lipinski definition) is 1. The van der Waals surface area contributed by atoms with Crippen LogP contribution in [-0.2, 0) is 14.8 Å². The lowest BCUT2D eigenvalue weighted by Gasteiger charge is -2.25. The van der Waals surface area contributed by atoms with Gasteiger partial charge in [-0.25, -0.2) is 8.42 Å². The number of sulfonamides is 1. The minimum absolute atomic E-state index is 0.155. The summed E-state index contributed by atoms with van der Waals surface area (Å²) in [5.41, 5.74) is 2.44. The second kappa shape index (κ2) is 9.04. The maximum atomic E-state index is 12.7. The number of rotatable bonds is 8. The quantitative estimate of drug-likeness (QED) is 0.750. The summed E-state index contributed by atoms with van der Waals surface area (Å²) in [4.78, 5) is 12.7. The lowest BCUT2D eigenvalue weighted by atomic mass is 9.97. The monoisotopic (exact) mass is 388 g/mol. The summed E-state index contributed by atoms with van der Waals surface area (Å²) in [5.74, 6) is 0.0646. The van der Waals surface area contributed by atoms with Crippen LogP contribution in [0.5, 0.6) is 0 Å². The molecule has 0 saturated heterocycles. The smallest absolute Gasteiger partial charge is 0.241 e. The Labute approximate surface area is 162 Å². The molecule has 27 heavy (non-hydrogen) atoms. The van der Waals surface area contributed by atoms with Crippen molar-refractivity contribution in [3.05, 3.63) is 65.7 Å². The van der Waals surface area contributed by atoms with Crippen LogP contribution in [0.1, 0.15) is 37.4 Å². The fourth-order valence-corrected chi connectivity index (χ4v) is 3.84. The molecule has 0 fully saturated rings. The number of benzene rings is 2. The van der Waals surface area contributed by atoms with Crippen LogP contribution in [-0.4, -0.2) is 27.1 Å². The highest BCUT2D eigenvalue weighted by atomic mass is 32.2. The van der Waals surface area contributed by atoms with Gasteiger partial charge in [0.25, 0.3) is 0 Å². The molecule has 5 nitrogen and oxygen atoms in total. The molecule has 0 unspecified atom stereocenters. The molecule has 1 amide bonds. The summed E-state index contributed by atoms with van der Waals surface area (Å²) < 4.78 is 25.7. The van der Waals surface area contributed by atoms with Crippen molar-refractivity contribution < 1.29 is 13.2 Å². The number of nitrogens with one attached hydrogen (secondary N) is 1. The minimum atomic E-state index is -3.58. The van der Waals surface area contributed by atoms with Crippen molar-refractivity contribution in [2.75, 3.05) is 17.1 Å². The van der Waals surface area contributed by atoms with Gasteiger partial charge in [-0.05, 0) is 42.5 Å². The first-order valence-electron chi connectivity index (χ1n) is 9.05. The van der Waals surface area contributed by atoms with Crippen molar-refractivity contribution >= 4 is 21.6 Å². The summed E-state index contributed by atoms with van der Waals surface area (Å²) in [5, 5.41) is 3.01. The number of nitrogens with zero attached hydrogens (tertiary/aromatic N) is 1. The molecule has 0 aliphatic carbocycles. The van der Waals surface area contributed by atoms with Crippen LogP contribution in [0.25, 0.3) is 0 Å². The minimum Gasteiger partial charge on any atom is -0.348 e. The first-order valence-corrected chi connectivity index (χ1v) is 10.9. The zero-order valence-corrected chi connectivity index (χ0v) is 17.2. The molecule has 0 heterocycles. The predicted molar refractivity (Wildman–Crippen MR) is 110 cm³/mol. The van der Waals surface area contributed by atoms with Gasteiger partial charge in [-0.3, -0.25) is 9.10 Å². The molecular weight excluding hydrogens is 360 g/mol. The van der Waals surface area contributed by atoms with Crippen LogP contribution < -0.4 is 9.62 Å². The summed E-state index contributed by atoms with van der Waals surface area (Å²) >= 11 is 0. The lowest BCUT2D eigenvalue weighted by Crippen LogP contribution is -2.41. The van der Waals surface area contributed by atoms with Gasteiger partial charge >= 0.3 is 0 Å². The molecule has 0 bridgehead atoms. The van der Waals surface area contributed by atoms with E-state index in [0.717, 1.165) is 28.1 Å². The van der Waals surface area contributed by atoms with E-state index in [1.807, 2.05) is 43.3 Å². The van der Waals surface area contributed by atoms with E-state index in [9.17, 15) is 13.2 Å². The second-order valence-corrected chi connectivity index (χ2v) is 9.18. The van der Waals surface area contributed by atoms with Crippen molar-refractivity contribution in [2.24, 2.45) is 5.92 Å². The molecule has 1 N–H and O–H groups in total. The Hall–Kier alpha value is -2.34. The topological polar surface area (TPSA) is 66.5 Å². The van der Waals surface area contributed by atoms with E-state index in [1.54, 1.807) is 18.2 Å². The number of carbonyl (C=O) groups is 1. The fourth-order valence-electron chi connectivity index (χ4n) is 2.99. The molecule has 1 atom stereocenters. The first-order chi connectivity index (χ1) is 12.7. The number of anilines is 1. The SMILES string of the molecule is Cc1cccc(N(CC(=O)N[C@H](CC(C)C)c2ccccc2)S(C)(=O)=O)c1. The van der Waals surface area contributed by atoms with E-state index in [2.05, 4.69) is 19.2 Å². The maximum absolute atomic E-state index is 12.7. The van der Waals surface area contributed by atoms with Gasteiger partial charge < -0.3 is 5.32 Å². The largest absolute Gasteiger partial charge is 0.348 e. The van der Waals surface area contributed by atoms with Crippen molar-refractivity contribution in [1.29, 1.82) is 0 Å². The van der Waals surface area contributed by atoms with Crippen LogP contribution in [0.2, 0.25) is 0 Å². The van der Waals surface area contributed by atoms with E-state index in [0.29, 0.717) is 11.6 Å². The second-order valence-electron chi connectivity index (χ2n) is 7.27. The van der Waals surface area contributed by atoms with Crippen LogP contribution in [0, 0.1) is 12.8 Å². The van der Waals surface area contributed by atoms with Crippen molar-refractivity contribution in [3.63, 3.8) is 0 Å². The highest BCUT2D eigenvalue weighted by Gasteiger charge is 2.23. The van der Waals surface area contributed by atoms with E-state index in [1.165, 1.54) is 0 Å². The van der Waals surface area contributed by atoms with Crippen molar-refractivity contribution in [2.45, 2.75) is 33.2 Å². The Morgan fingerprint density at radius 3 is 2.30 bits per heavy atom. The summed E-state index contributed by atoms with van der Waals surface area (Å²) in [6.45, 7) is 5.83. The van der Waals surface area contributed by atoms with E-state index < -0.39 is 10.0 Å². The van der Waals surface area contributed by atoms with Gasteiger partial charge in [0.1, 0.15) is 6.54 Å². The van der Waals surface area contributed by atoms with Gasteiger partial charge in [0, 0.05) is 0 Å². The van der Waals surface area contributed by atoms with E-state index in [-0.39, 0.29) is 18.5 Å². The zero-order chi connectivity index (χ0) is 20.0. The molecule has 0 aliphatic rings. The third kappa shape index (κ3) is 6.40. The Bertz CT molecular complexity index is 864. The Morgan fingerprint density at radius 1 is 1.07 bits per heavy atom. The molecule has 2 aromatic rings. The number of aryl methyl sites for hydroxylation is 1. The highest BCUT2D eigenvalue weighted by molar-refractivity contribution is 7.92. The molecule has 2 aromatic carbocycles. The number of amides is 1.